The van der Waals surface area contributed by atoms with Crippen molar-refractivity contribution in [2.75, 3.05) is 39.5 Å². The van der Waals surface area contributed by atoms with Crippen LogP contribution < -0.4 is 15.8 Å². The first-order valence-corrected chi connectivity index (χ1v) is 8.17. The first kappa shape index (κ1) is 17.7. The fraction of sp³-hybridized carbons (Fsp3) is 0.588. The molecule has 2 rings (SSSR count). The number of amides is 1. The second kappa shape index (κ2) is 9.50. The summed E-state index contributed by atoms with van der Waals surface area (Å²) in [6, 6.07) is 7.70. The van der Waals surface area contributed by atoms with Gasteiger partial charge in [-0.15, -0.1) is 0 Å². The van der Waals surface area contributed by atoms with Gasteiger partial charge >= 0.3 is 0 Å². The molecule has 0 saturated carbocycles. The molecule has 1 atom stereocenters. The number of hydrogen-bond donors (Lipinski definition) is 2. The highest BCUT2D eigenvalue weighted by Gasteiger charge is 2.10. The lowest BCUT2D eigenvalue weighted by Gasteiger charge is -2.26. The fourth-order valence-corrected chi connectivity index (χ4v) is 2.43. The number of hydrogen-bond acceptors (Lipinski definition) is 5. The number of nitrogens with zero attached hydrogens (tertiary/aromatic N) is 1. The molecule has 1 amide bonds. The van der Waals surface area contributed by atoms with Gasteiger partial charge in [-0.05, 0) is 24.6 Å². The molecule has 23 heavy (non-hydrogen) atoms. The predicted molar refractivity (Wildman–Crippen MR) is 89.3 cm³/mol. The molecule has 6 heteroatoms. The maximum Gasteiger partial charge on any atom is 0.221 e. The van der Waals surface area contributed by atoms with Crippen LogP contribution in [0.15, 0.2) is 24.3 Å². The molecule has 1 heterocycles. The van der Waals surface area contributed by atoms with Gasteiger partial charge in [-0.2, -0.15) is 0 Å². The molecule has 1 unspecified atom stereocenters. The van der Waals surface area contributed by atoms with Gasteiger partial charge < -0.3 is 20.5 Å². The Labute approximate surface area is 137 Å². The van der Waals surface area contributed by atoms with Gasteiger partial charge in [0.2, 0.25) is 5.91 Å². The average molecular weight is 321 g/mol. The van der Waals surface area contributed by atoms with Crippen LogP contribution in [-0.4, -0.2) is 56.3 Å². The molecule has 6 nitrogen and oxygen atoms in total. The fourth-order valence-electron chi connectivity index (χ4n) is 2.43. The molecule has 1 aliphatic heterocycles. The monoisotopic (exact) mass is 321 g/mol. The van der Waals surface area contributed by atoms with E-state index < -0.39 is 0 Å². The molecular formula is C17H27N3O3. The topological polar surface area (TPSA) is 76.8 Å². The lowest BCUT2D eigenvalue weighted by molar-refractivity contribution is -0.121. The standard InChI is InChI=1S/C17H27N3O3/c1-14(18)11-17(21)19-13-15-3-2-4-16(12-15)23-10-7-20-5-8-22-9-6-20/h2-4,12,14H,5-11,13,18H2,1H3,(H,19,21). The van der Waals surface area contributed by atoms with E-state index in [-0.39, 0.29) is 11.9 Å². The molecule has 0 aliphatic carbocycles. The molecular weight excluding hydrogens is 294 g/mol. The first-order chi connectivity index (χ1) is 11.1. The van der Waals surface area contributed by atoms with E-state index in [1.54, 1.807) is 0 Å². The van der Waals surface area contributed by atoms with Gasteiger partial charge in [0.25, 0.3) is 0 Å². The lowest BCUT2D eigenvalue weighted by Crippen LogP contribution is -2.38. The molecule has 0 bridgehead atoms. The summed E-state index contributed by atoms with van der Waals surface area (Å²) in [4.78, 5) is 14.0. The van der Waals surface area contributed by atoms with Gasteiger partial charge in [0.15, 0.2) is 0 Å². The van der Waals surface area contributed by atoms with Crippen LogP contribution in [0.4, 0.5) is 0 Å². The van der Waals surface area contributed by atoms with E-state index in [4.69, 9.17) is 15.2 Å². The summed E-state index contributed by atoms with van der Waals surface area (Å²) in [7, 11) is 0. The van der Waals surface area contributed by atoms with E-state index in [0.29, 0.717) is 19.6 Å². The third-order valence-electron chi connectivity index (χ3n) is 3.68. The Morgan fingerprint density at radius 2 is 2.22 bits per heavy atom. The number of carbonyl (C=O) groups is 1. The van der Waals surface area contributed by atoms with Gasteiger partial charge in [0.05, 0.1) is 13.2 Å². The van der Waals surface area contributed by atoms with Crippen LogP contribution in [0.1, 0.15) is 18.9 Å². The van der Waals surface area contributed by atoms with Gasteiger partial charge in [0.1, 0.15) is 12.4 Å². The number of rotatable bonds is 8. The summed E-state index contributed by atoms with van der Waals surface area (Å²) < 4.78 is 11.1. The van der Waals surface area contributed by atoms with Gasteiger partial charge in [-0.3, -0.25) is 9.69 Å². The van der Waals surface area contributed by atoms with Crippen molar-refractivity contribution in [2.45, 2.75) is 25.9 Å². The van der Waals surface area contributed by atoms with Gasteiger partial charge in [-0.1, -0.05) is 12.1 Å². The molecule has 128 valence electrons. The van der Waals surface area contributed by atoms with Crippen molar-refractivity contribution in [3.8, 4) is 5.75 Å². The smallest absolute Gasteiger partial charge is 0.221 e. The number of nitrogens with two attached hydrogens (primary N) is 1. The van der Waals surface area contributed by atoms with Gasteiger partial charge in [0, 0.05) is 38.6 Å². The van der Waals surface area contributed by atoms with Crippen LogP contribution in [0.2, 0.25) is 0 Å². The number of benzene rings is 1. The molecule has 0 radical (unpaired) electrons. The van der Waals surface area contributed by atoms with Crippen molar-refractivity contribution in [2.24, 2.45) is 5.73 Å². The largest absolute Gasteiger partial charge is 0.492 e. The van der Waals surface area contributed by atoms with E-state index >= 15 is 0 Å². The minimum absolute atomic E-state index is 0.0290. The zero-order chi connectivity index (χ0) is 16.5. The highest BCUT2D eigenvalue weighted by Crippen LogP contribution is 2.13. The minimum atomic E-state index is -0.121. The van der Waals surface area contributed by atoms with Crippen LogP contribution in [0.5, 0.6) is 5.75 Å². The van der Waals surface area contributed by atoms with E-state index in [2.05, 4.69) is 10.2 Å². The maximum absolute atomic E-state index is 11.6. The lowest BCUT2D eigenvalue weighted by atomic mass is 10.2. The summed E-state index contributed by atoms with van der Waals surface area (Å²) in [5.41, 5.74) is 6.63. The summed E-state index contributed by atoms with van der Waals surface area (Å²) >= 11 is 0. The zero-order valence-electron chi connectivity index (χ0n) is 13.8. The Morgan fingerprint density at radius 1 is 1.43 bits per heavy atom. The third kappa shape index (κ3) is 6.99. The van der Waals surface area contributed by atoms with E-state index in [9.17, 15) is 4.79 Å². The van der Waals surface area contributed by atoms with Crippen LogP contribution in [-0.2, 0) is 16.1 Å². The molecule has 0 spiro atoms. The average Bonchev–Trinajstić information content (AvgIpc) is 2.54. The minimum Gasteiger partial charge on any atom is -0.492 e. The number of nitrogens with one attached hydrogen (secondary N) is 1. The summed E-state index contributed by atoms with van der Waals surface area (Å²) in [5, 5.41) is 2.87. The Balaban J connectivity index is 1.72. The summed E-state index contributed by atoms with van der Waals surface area (Å²) in [5.74, 6) is 0.802. The summed E-state index contributed by atoms with van der Waals surface area (Å²) in [6.45, 7) is 7.41. The van der Waals surface area contributed by atoms with Crippen molar-refractivity contribution < 1.29 is 14.3 Å². The molecule has 1 aliphatic rings. The highest BCUT2D eigenvalue weighted by molar-refractivity contribution is 5.76. The Hall–Kier alpha value is -1.63. The Bertz CT molecular complexity index is 488. The third-order valence-corrected chi connectivity index (χ3v) is 3.68. The van der Waals surface area contributed by atoms with Crippen molar-refractivity contribution in [3.63, 3.8) is 0 Å². The van der Waals surface area contributed by atoms with Crippen molar-refractivity contribution in [1.29, 1.82) is 0 Å². The second-order valence-electron chi connectivity index (χ2n) is 5.91. The Kier molecular flexibility index (Phi) is 7.32. The summed E-state index contributed by atoms with van der Waals surface area (Å²) in [6.07, 6.45) is 0.343. The normalized spacial score (nSPS) is 16.8. The quantitative estimate of drug-likeness (QED) is 0.739. The van der Waals surface area contributed by atoms with Crippen LogP contribution >= 0.6 is 0 Å². The van der Waals surface area contributed by atoms with Crippen LogP contribution in [0, 0.1) is 0 Å². The molecule has 1 saturated heterocycles. The molecule has 0 aromatic heterocycles. The molecule has 1 fully saturated rings. The van der Waals surface area contributed by atoms with E-state index in [1.807, 2.05) is 31.2 Å². The van der Waals surface area contributed by atoms with Gasteiger partial charge in [-0.25, -0.2) is 0 Å². The molecule has 3 N–H and O–H groups in total. The van der Waals surface area contributed by atoms with Crippen LogP contribution in [0.3, 0.4) is 0 Å². The number of ether oxygens (including phenoxy) is 2. The van der Waals surface area contributed by atoms with E-state index in [1.165, 1.54) is 0 Å². The van der Waals surface area contributed by atoms with Crippen LogP contribution in [0.25, 0.3) is 0 Å². The first-order valence-electron chi connectivity index (χ1n) is 8.17. The molecule has 1 aromatic carbocycles. The molecule has 1 aromatic rings. The van der Waals surface area contributed by atoms with E-state index in [0.717, 1.165) is 44.2 Å². The SMILES string of the molecule is CC(N)CC(=O)NCc1cccc(OCCN2CCOCC2)c1. The van der Waals surface area contributed by atoms with Crippen molar-refractivity contribution >= 4 is 5.91 Å². The number of carbonyl (C=O) groups excluding carboxylic acids is 1. The Morgan fingerprint density at radius 3 is 2.96 bits per heavy atom. The van der Waals surface area contributed by atoms with Crippen molar-refractivity contribution in [3.05, 3.63) is 29.8 Å². The number of morpholine rings is 1. The second-order valence-corrected chi connectivity index (χ2v) is 5.91. The van der Waals surface area contributed by atoms with Crippen molar-refractivity contribution in [1.82, 2.24) is 10.2 Å². The maximum atomic E-state index is 11.6. The zero-order valence-corrected chi connectivity index (χ0v) is 13.8. The predicted octanol–water partition coefficient (Wildman–Crippen LogP) is 0.751. The highest BCUT2D eigenvalue weighted by atomic mass is 16.5.